The van der Waals surface area contributed by atoms with Gasteiger partial charge in [-0.05, 0) is 48.2 Å². The summed E-state index contributed by atoms with van der Waals surface area (Å²) in [5.74, 6) is 0.352. The van der Waals surface area contributed by atoms with E-state index >= 15 is 0 Å². The highest BCUT2D eigenvalue weighted by molar-refractivity contribution is 7.98. The molecule has 2 aromatic carbocycles. The number of rotatable bonds is 5. The van der Waals surface area contributed by atoms with Crippen LogP contribution in [-0.4, -0.2) is 22.1 Å². The Bertz CT molecular complexity index is 1210. The minimum Gasteiger partial charge on any atom is -0.311 e. The molecule has 0 radical (unpaired) electrons. The number of nitrogens with zero attached hydrogens (tertiary/aromatic N) is 2. The van der Waals surface area contributed by atoms with Crippen LogP contribution in [0.25, 0.3) is 32.3 Å². The molecule has 0 atom stereocenters. The maximum Gasteiger partial charge on any atom is 0.222 e. The first-order valence-electron chi connectivity index (χ1n) is 9.18. The van der Waals surface area contributed by atoms with Crippen molar-refractivity contribution in [3.8, 4) is 32.3 Å². The van der Waals surface area contributed by atoms with E-state index in [0.717, 1.165) is 32.3 Å². The van der Waals surface area contributed by atoms with E-state index in [9.17, 15) is 4.79 Å². The Morgan fingerprint density at radius 1 is 1.03 bits per heavy atom. The topological polar surface area (TPSA) is 54.9 Å². The Balaban J connectivity index is 1.85. The van der Waals surface area contributed by atoms with E-state index < -0.39 is 0 Å². The van der Waals surface area contributed by atoms with Gasteiger partial charge in [0.05, 0.1) is 10.6 Å². The summed E-state index contributed by atoms with van der Waals surface area (Å²) in [6.45, 7) is 1.47. The van der Waals surface area contributed by atoms with E-state index in [0.29, 0.717) is 10.8 Å². The van der Waals surface area contributed by atoms with Gasteiger partial charge in [0, 0.05) is 34.2 Å². The molecular formula is C23H18ClN3OS2. The van der Waals surface area contributed by atoms with Crippen LogP contribution in [0.3, 0.4) is 0 Å². The normalized spacial score (nSPS) is 10.8. The van der Waals surface area contributed by atoms with Crippen molar-refractivity contribution in [1.82, 2.24) is 9.97 Å². The lowest BCUT2D eigenvalue weighted by Gasteiger charge is -2.06. The number of carbonyl (C=O) groups excluding carboxylic acids is 1. The number of pyridine rings is 1. The molecule has 4 aromatic rings. The zero-order valence-electron chi connectivity index (χ0n) is 16.3. The number of benzene rings is 2. The molecule has 0 saturated heterocycles. The number of amides is 1. The molecule has 1 amide bonds. The van der Waals surface area contributed by atoms with Crippen LogP contribution in [0.4, 0.5) is 5.82 Å². The summed E-state index contributed by atoms with van der Waals surface area (Å²) in [5, 5.41) is 4.33. The highest BCUT2D eigenvalue weighted by atomic mass is 35.5. The Hall–Kier alpha value is -2.67. The minimum atomic E-state index is -0.159. The predicted octanol–water partition coefficient (Wildman–Crippen LogP) is 6.87. The van der Waals surface area contributed by atoms with Gasteiger partial charge in [0.1, 0.15) is 10.8 Å². The van der Waals surface area contributed by atoms with Gasteiger partial charge in [-0.15, -0.1) is 23.1 Å². The zero-order valence-corrected chi connectivity index (χ0v) is 18.7. The van der Waals surface area contributed by atoms with Crippen LogP contribution < -0.4 is 5.32 Å². The lowest BCUT2D eigenvalue weighted by Crippen LogP contribution is -2.07. The highest BCUT2D eigenvalue weighted by Gasteiger charge is 2.17. The first-order valence-corrected chi connectivity index (χ1v) is 11.6. The lowest BCUT2D eigenvalue weighted by atomic mass is 10.1. The third-order valence-corrected chi connectivity index (χ3v) is 6.52. The predicted molar refractivity (Wildman–Crippen MR) is 127 cm³/mol. The summed E-state index contributed by atoms with van der Waals surface area (Å²) in [4.78, 5) is 22.8. The Labute approximate surface area is 188 Å². The Morgan fingerprint density at radius 3 is 2.53 bits per heavy atom. The quantitative estimate of drug-likeness (QED) is 0.336. The number of anilines is 1. The average molecular weight is 452 g/mol. The number of hydrogen-bond donors (Lipinski definition) is 1. The van der Waals surface area contributed by atoms with Crippen LogP contribution in [0.2, 0.25) is 5.02 Å². The van der Waals surface area contributed by atoms with E-state index in [1.165, 1.54) is 11.8 Å². The molecule has 0 unspecified atom stereocenters. The van der Waals surface area contributed by atoms with Gasteiger partial charge in [-0.2, -0.15) is 0 Å². The van der Waals surface area contributed by atoms with Gasteiger partial charge in [-0.25, -0.2) is 9.97 Å². The van der Waals surface area contributed by atoms with Gasteiger partial charge in [0.2, 0.25) is 5.91 Å². The first-order chi connectivity index (χ1) is 14.5. The molecule has 7 heteroatoms. The fourth-order valence-corrected chi connectivity index (χ4v) is 4.71. The Kier molecular flexibility index (Phi) is 6.18. The Morgan fingerprint density at radius 2 is 1.83 bits per heavy atom. The van der Waals surface area contributed by atoms with E-state index in [1.807, 2.05) is 36.4 Å². The zero-order chi connectivity index (χ0) is 21.1. The van der Waals surface area contributed by atoms with Gasteiger partial charge in [-0.3, -0.25) is 4.79 Å². The smallest absolute Gasteiger partial charge is 0.222 e. The summed E-state index contributed by atoms with van der Waals surface area (Å²) in [7, 11) is 0. The standard InChI is InChI=1S/C23H18ClN3OS2/c1-14(28)26-20-13-17(10-11-25-20)22-21(16-4-3-5-18(24)12-16)27-23(30-22)15-6-8-19(29-2)9-7-15/h3-13H,1-2H3,(H,25,26,28). The van der Waals surface area contributed by atoms with Gasteiger partial charge in [0.15, 0.2) is 0 Å². The van der Waals surface area contributed by atoms with E-state index in [-0.39, 0.29) is 5.91 Å². The third kappa shape index (κ3) is 4.56. The number of aromatic nitrogens is 2. The molecule has 150 valence electrons. The van der Waals surface area contributed by atoms with Gasteiger partial charge < -0.3 is 5.32 Å². The number of thioether (sulfide) groups is 1. The van der Waals surface area contributed by atoms with Crippen LogP contribution in [0, 0.1) is 0 Å². The fourth-order valence-electron chi connectivity index (χ4n) is 3.02. The monoisotopic (exact) mass is 451 g/mol. The van der Waals surface area contributed by atoms with Crippen molar-refractivity contribution in [2.24, 2.45) is 0 Å². The van der Waals surface area contributed by atoms with Crippen molar-refractivity contribution < 1.29 is 4.79 Å². The molecule has 0 aliphatic rings. The van der Waals surface area contributed by atoms with Crippen molar-refractivity contribution in [3.05, 3.63) is 71.9 Å². The molecule has 0 spiro atoms. The summed E-state index contributed by atoms with van der Waals surface area (Å²) >= 11 is 9.56. The molecule has 2 aromatic heterocycles. The van der Waals surface area contributed by atoms with Crippen LogP contribution in [0.1, 0.15) is 6.92 Å². The largest absolute Gasteiger partial charge is 0.311 e. The summed E-state index contributed by atoms with van der Waals surface area (Å²) in [6.07, 6.45) is 3.75. The molecule has 4 rings (SSSR count). The van der Waals surface area contributed by atoms with Crippen molar-refractivity contribution in [2.75, 3.05) is 11.6 Å². The molecule has 0 fully saturated rings. The van der Waals surface area contributed by atoms with Crippen molar-refractivity contribution >= 4 is 46.4 Å². The summed E-state index contributed by atoms with van der Waals surface area (Å²) < 4.78 is 0. The fraction of sp³-hybridized carbons (Fsp3) is 0.0870. The maximum atomic E-state index is 11.5. The number of hydrogen-bond acceptors (Lipinski definition) is 5. The SMILES string of the molecule is CSc1ccc(-c2nc(-c3cccc(Cl)c3)c(-c3ccnc(NC(C)=O)c3)s2)cc1. The molecule has 30 heavy (non-hydrogen) atoms. The molecule has 0 bridgehead atoms. The second-order valence-electron chi connectivity index (χ2n) is 6.55. The van der Waals surface area contributed by atoms with Crippen LogP contribution >= 0.6 is 34.7 Å². The van der Waals surface area contributed by atoms with Gasteiger partial charge in [0.25, 0.3) is 0 Å². The molecule has 4 nitrogen and oxygen atoms in total. The second kappa shape index (κ2) is 9.00. The molecule has 0 aliphatic heterocycles. The van der Waals surface area contributed by atoms with Crippen molar-refractivity contribution in [1.29, 1.82) is 0 Å². The van der Waals surface area contributed by atoms with Crippen molar-refractivity contribution in [2.45, 2.75) is 11.8 Å². The second-order valence-corrected chi connectivity index (χ2v) is 8.86. The summed E-state index contributed by atoms with van der Waals surface area (Å²) in [6, 6.07) is 19.8. The van der Waals surface area contributed by atoms with Crippen LogP contribution in [0.5, 0.6) is 0 Å². The van der Waals surface area contributed by atoms with E-state index in [2.05, 4.69) is 40.8 Å². The number of halogens is 1. The van der Waals surface area contributed by atoms with E-state index in [1.54, 1.807) is 29.3 Å². The summed E-state index contributed by atoms with van der Waals surface area (Å²) in [5.41, 5.74) is 3.79. The molecule has 2 heterocycles. The maximum absolute atomic E-state index is 11.5. The highest BCUT2D eigenvalue weighted by Crippen LogP contribution is 2.41. The first kappa shape index (κ1) is 20.6. The van der Waals surface area contributed by atoms with Crippen LogP contribution in [-0.2, 0) is 4.79 Å². The number of carbonyl (C=O) groups is 1. The van der Waals surface area contributed by atoms with Crippen LogP contribution in [0.15, 0.2) is 71.8 Å². The third-order valence-electron chi connectivity index (χ3n) is 4.39. The van der Waals surface area contributed by atoms with E-state index in [4.69, 9.17) is 16.6 Å². The lowest BCUT2D eigenvalue weighted by molar-refractivity contribution is -0.114. The van der Waals surface area contributed by atoms with Gasteiger partial charge in [-0.1, -0.05) is 35.9 Å². The number of nitrogens with one attached hydrogen (secondary N) is 1. The minimum absolute atomic E-state index is 0.159. The molecule has 0 aliphatic carbocycles. The average Bonchev–Trinajstić information content (AvgIpc) is 3.19. The number of thiazole rings is 1. The molecule has 0 saturated carbocycles. The molecule has 1 N–H and O–H groups in total. The molecular weight excluding hydrogens is 434 g/mol. The van der Waals surface area contributed by atoms with Gasteiger partial charge >= 0.3 is 0 Å². The van der Waals surface area contributed by atoms with Crippen molar-refractivity contribution in [3.63, 3.8) is 0 Å².